The molecule has 0 heterocycles. The van der Waals surface area contributed by atoms with Crippen LogP contribution in [0.15, 0.2) is 36.4 Å². The molecule has 0 unspecified atom stereocenters. The number of halogens is 3. The number of hydrogen-bond acceptors (Lipinski definition) is 3. The molecule has 0 N–H and O–H groups in total. The minimum atomic E-state index is -0.583. The molecule has 2 aromatic carbocycles. The van der Waals surface area contributed by atoms with Gasteiger partial charge in [-0.2, -0.15) is 0 Å². The number of nitro benzene ring substituents is 1. The summed E-state index contributed by atoms with van der Waals surface area (Å²) in [5, 5.41) is 10.6. The number of benzene rings is 2. The fraction of sp³-hybridized carbons (Fsp3) is 0.0769. The molecular weight excluding hydrogens is 308 g/mol. The van der Waals surface area contributed by atoms with Crippen molar-refractivity contribution >= 4 is 28.9 Å². The van der Waals surface area contributed by atoms with E-state index in [1.54, 1.807) is 6.07 Å². The van der Waals surface area contributed by atoms with Gasteiger partial charge in [-0.3, -0.25) is 10.1 Å². The second-order valence-corrected chi connectivity index (χ2v) is 4.72. The minimum Gasteiger partial charge on any atom is -0.489 e. The summed E-state index contributed by atoms with van der Waals surface area (Å²) < 4.78 is 18.6. The van der Waals surface area contributed by atoms with E-state index in [0.29, 0.717) is 11.3 Å². The molecule has 0 aliphatic rings. The van der Waals surface area contributed by atoms with Crippen molar-refractivity contribution in [2.24, 2.45) is 0 Å². The fourth-order valence-electron chi connectivity index (χ4n) is 1.52. The van der Waals surface area contributed by atoms with Crippen LogP contribution in [0.25, 0.3) is 0 Å². The molecule has 0 radical (unpaired) electrons. The molecule has 0 saturated heterocycles. The Morgan fingerprint density at radius 3 is 2.50 bits per heavy atom. The maximum absolute atomic E-state index is 13.2. The average molecular weight is 316 g/mol. The summed E-state index contributed by atoms with van der Waals surface area (Å²) in [4.78, 5) is 10.0. The Labute approximate surface area is 123 Å². The summed E-state index contributed by atoms with van der Waals surface area (Å²) in [5.74, 6) is -0.176. The number of ether oxygens (including phenoxy) is 1. The Balaban J connectivity index is 2.09. The predicted molar refractivity (Wildman–Crippen MR) is 73.8 cm³/mol. The molecule has 0 aliphatic heterocycles. The van der Waals surface area contributed by atoms with Gasteiger partial charge in [0, 0.05) is 12.1 Å². The van der Waals surface area contributed by atoms with Crippen LogP contribution < -0.4 is 4.74 Å². The zero-order valence-corrected chi connectivity index (χ0v) is 11.5. The van der Waals surface area contributed by atoms with Crippen molar-refractivity contribution in [2.45, 2.75) is 6.61 Å². The first-order chi connectivity index (χ1) is 9.47. The van der Waals surface area contributed by atoms with Crippen molar-refractivity contribution in [1.29, 1.82) is 0 Å². The molecule has 0 atom stereocenters. The third-order valence-electron chi connectivity index (χ3n) is 2.51. The van der Waals surface area contributed by atoms with Gasteiger partial charge in [0.25, 0.3) is 5.69 Å². The molecular formula is C13H8Cl2FNO3. The fourth-order valence-corrected chi connectivity index (χ4v) is 1.88. The molecule has 2 aromatic rings. The van der Waals surface area contributed by atoms with Gasteiger partial charge in [-0.25, -0.2) is 4.39 Å². The van der Waals surface area contributed by atoms with Crippen molar-refractivity contribution < 1.29 is 14.1 Å². The van der Waals surface area contributed by atoms with Crippen LogP contribution in [-0.2, 0) is 6.61 Å². The van der Waals surface area contributed by atoms with Crippen molar-refractivity contribution in [3.05, 3.63) is 67.9 Å². The van der Waals surface area contributed by atoms with E-state index in [0.717, 1.165) is 0 Å². The number of nitro groups is 1. The SMILES string of the molecule is O=[N+]([O-])c1ccc(OCc2ccc(Cl)c(F)c2)cc1Cl. The monoisotopic (exact) mass is 315 g/mol. The van der Waals surface area contributed by atoms with Crippen LogP contribution in [0.1, 0.15) is 5.56 Å². The van der Waals surface area contributed by atoms with Gasteiger partial charge < -0.3 is 4.74 Å². The molecule has 0 aliphatic carbocycles. The van der Waals surface area contributed by atoms with Crippen LogP contribution in [0.5, 0.6) is 5.75 Å². The molecule has 0 bridgehead atoms. The lowest BCUT2D eigenvalue weighted by Crippen LogP contribution is -1.97. The summed E-state index contributed by atoms with van der Waals surface area (Å²) in [7, 11) is 0. The third kappa shape index (κ3) is 3.37. The first-order valence-electron chi connectivity index (χ1n) is 5.48. The first-order valence-corrected chi connectivity index (χ1v) is 6.23. The molecule has 0 saturated carbocycles. The van der Waals surface area contributed by atoms with Crippen LogP contribution in [0.3, 0.4) is 0 Å². The number of nitrogens with zero attached hydrogens (tertiary/aromatic N) is 1. The van der Waals surface area contributed by atoms with Gasteiger partial charge >= 0.3 is 0 Å². The van der Waals surface area contributed by atoms with E-state index in [4.69, 9.17) is 27.9 Å². The summed E-state index contributed by atoms with van der Waals surface area (Å²) in [6.45, 7) is 0.0994. The van der Waals surface area contributed by atoms with Crippen LogP contribution >= 0.6 is 23.2 Å². The molecule has 104 valence electrons. The number of rotatable bonds is 4. The Bertz CT molecular complexity index is 664. The van der Waals surface area contributed by atoms with Crippen molar-refractivity contribution in [3.8, 4) is 5.75 Å². The van der Waals surface area contributed by atoms with E-state index in [1.807, 2.05) is 0 Å². The van der Waals surface area contributed by atoms with E-state index in [9.17, 15) is 14.5 Å². The smallest absolute Gasteiger partial charge is 0.288 e. The van der Waals surface area contributed by atoms with Crippen molar-refractivity contribution in [1.82, 2.24) is 0 Å². The second-order valence-electron chi connectivity index (χ2n) is 3.91. The minimum absolute atomic E-state index is 0.0187. The van der Waals surface area contributed by atoms with Gasteiger partial charge in [0.05, 0.1) is 9.95 Å². The molecule has 2 rings (SSSR count). The largest absolute Gasteiger partial charge is 0.489 e. The van der Waals surface area contributed by atoms with E-state index in [-0.39, 0.29) is 22.3 Å². The van der Waals surface area contributed by atoms with Crippen LogP contribution in [-0.4, -0.2) is 4.92 Å². The lowest BCUT2D eigenvalue weighted by molar-refractivity contribution is -0.384. The quantitative estimate of drug-likeness (QED) is 0.611. The lowest BCUT2D eigenvalue weighted by Gasteiger charge is -2.07. The summed E-state index contributed by atoms with van der Waals surface area (Å²) >= 11 is 11.3. The summed E-state index contributed by atoms with van der Waals surface area (Å²) in [5.41, 5.74) is 0.387. The number of hydrogen-bond donors (Lipinski definition) is 0. The average Bonchev–Trinajstić information content (AvgIpc) is 2.40. The maximum atomic E-state index is 13.2. The third-order valence-corrected chi connectivity index (χ3v) is 3.11. The Morgan fingerprint density at radius 1 is 1.15 bits per heavy atom. The van der Waals surface area contributed by atoms with E-state index < -0.39 is 10.7 Å². The summed E-state index contributed by atoms with van der Waals surface area (Å²) in [6, 6.07) is 8.33. The molecule has 0 spiro atoms. The molecule has 0 fully saturated rings. The molecule has 4 nitrogen and oxygen atoms in total. The molecule has 7 heteroatoms. The first kappa shape index (κ1) is 14.6. The topological polar surface area (TPSA) is 52.4 Å². The van der Waals surface area contributed by atoms with Gasteiger partial charge in [-0.15, -0.1) is 0 Å². The van der Waals surface area contributed by atoms with Crippen LogP contribution in [0.4, 0.5) is 10.1 Å². The van der Waals surface area contributed by atoms with Crippen LogP contribution in [0.2, 0.25) is 10.0 Å². The predicted octanol–water partition coefficient (Wildman–Crippen LogP) is 4.62. The van der Waals surface area contributed by atoms with Gasteiger partial charge in [-0.05, 0) is 23.8 Å². The Morgan fingerprint density at radius 2 is 1.90 bits per heavy atom. The lowest BCUT2D eigenvalue weighted by atomic mass is 10.2. The van der Waals surface area contributed by atoms with Gasteiger partial charge in [0.2, 0.25) is 0 Å². The van der Waals surface area contributed by atoms with E-state index in [1.165, 1.54) is 30.3 Å². The molecule has 0 amide bonds. The molecule has 0 aromatic heterocycles. The highest BCUT2D eigenvalue weighted by Gasteiger charge is 2.12. The Kier molecular flexibility index (Phi) is 4.42. The highest BCUT2D eigenvalue weighted by atomic mass is 35.5. The van der Waals surface area contributed by atoms with Crippen LogP contribution in [0, 0.1) is 15.9 Å². The van der Waals surface area contributed by atoms with Crippen molar-refractivity contribution in [3.63, 3.8) is 0 Å². The maximum Gasteiger partial charge on any atom is 0.288 e. The van der Waals surface area contributed by atoms with E-state index >= 15 is 0 Å². The van der Waals surface area contributed by atoms with Gasteiger partial charge in [-0.1, -0.05) is 29.3 Å². The van der Waals surface area contributed by atoms with E-state index in [2.05, 4.69) is 0 Å². The molecule has 20 heavy (non-hydrogen) atoms. The second kappa shape index (κ2) is 6.07. The zero-order chi connectivity index (χ0) is 14.7. The van der Waals surface area contributed by atoms with Crippen molar-refractivity contribution in [2.75, 3.05) is 0 Å². The Hall–Kier alpha value is -1.85. The van der Waals surface area contributed by atoms with Gasteiger partial charge in [0.1, 0.15) is 23.2 Å². The standard InChI is InChI=1S/C13H8Cl2FNO3/c14-10-3-1-8(5-12(10)16)7-20-9-2-4-13(17(18)19)11(15)6-9/h1-6H,7H2. The zero-order valence-electron chi connectivity index (χ0n) is 9.98. The normalized spacial score (nSPS) is 10.3. The summed E-state index contributed by atoms with van der Waals surface area (Å²) in [6.07, 6.45) is 0. The highest BCUT2D eigenvalue weighted by Crippen LogP contribution is 2.28. The van der Waals surface area contributed by atoms with Gasteiger partial charge in [0.15, 0.2) is 0 Å². The highest BCUT2D eigenvalue weighted by molar-refractivity contribution is 6.32.